The van der Waals surface area contributed by atoms with Crippen LogP contribution in [0.4, 0.5) is 11.4 Å². The van der Waals surface area contributed by atoms with Crippen molar-refractivity contribution in [1.82, 2.24) is 9.55 Å². The Morgan fingerprint density at radius 3 is 3.00 bits per heavy atom. The van der Waals surface area contributed by atoms with Crippen LogP contribution in [0.25, 0.3) is 0 Å². The van der Waals surface area contributed by atoms with Crippen molar-refractivity contribution in [3.05, 3.63) is 30.6 Å². The first-order valence-electron chi connectivity index (χ1n) is 6.43. The van der Waals surface area contributed by atoms with E-state index in [2.05, 4.69) is 10.3 Å². The molecule has 0 unspecified atom stereocenters. The van der Waals surface area contributed by atoms with Gasteiger partial charge in [-0.2, -0.15) is 0 Å². The third kappa shape index (κ3) is 4.16. The molecule has 0 atom stereocenters. The van der Waals surface area contributed by atoms with Crippen LogP contribution in [-0.4, -0.2) is 28.3 Å². The Kier molecular flexibility index (Phi) is 5.10. The van der Waals surface area contributed by atoms with Gasteiger partial charge in [0.2, 0.25) is 5.91 Å². The van der Waals surface area contributed by atoms with Gasteiger partial charge in [-0.05, 0) is 12.1 Å². The summed E-state index contributed by atoms with van der Waals surface area (Å²) < 4.78 is 7.12. The van der Waals surface area contributed by atoms with Gasteiger partial charge in [0, 0.05) is 43.4 Å². The Labute approximate surface area is 127 Å². The molecule has 2 rings (SSSR count). The molecule has 1 aromatic carbocycles. The largest absolute Gasteiger partial charge is 0.494 e. The standard InChI is InChI=1S/C14H18N4O2S/c1-18-7-6-16-14(18)21-8-5-13(19)17-11-4-3-10(15)9-12(11)20-2/h3-4,6-7,9H,5,8,15H2,1-2H3,(H,17,19). The molecule has 21 heavy (non-hydrogen) atoms. The summed E-state index contributed by atoms with van der Waals surface area (Å²) in [4.78, 5) is 16.1. The molecule has 1 heterocycles. The molecule has 1 amide bonds. The lowest BCUT2D eigenvalue weighted by Gasteiger charge is -2.10. The van der Waals surface area contributed by atoms with Crippen LogP contribution in [-0.2, 0) is 11.8 Å². The first-order chi connectivity index (χ1) is 10.1. The van der Waals surface area contributed by atoms with Crippen molar-refractivity contribution in [2.45, 2.75) is 11.6 Å². The van der Waals surface area contributed by atoms with Gasteiger partial charge in [0.1, 0.15) is 5.75 Å². The fourth-order valence-corrected chi connectivity index (χ4v) is 2.62. The zero-order valence-electron chi connectivity index (χ0n) is 12.0. The van der Waals surface area contributed by atoms with E-state index in [-0.39, 0.29) is 5.91 Å². The number of anilines is 2. The predicted octanol–water partition coefficient (Wildman–Crippen LogP) is 2.13. The second kappa shape index (κ2) is 7.03. The van der Waals surface area contributed by atoms with E-state index in [9.17, 15) is 4.79 Å². The molecule has 0 bridgehead atoms. The van der Waals surface area contributed by atoms with Crippen molar-refractivity contribution in [2.75, 3.05) is 23.9 Å². The number of nitrogens with two attached hydrogens (primary N) is 1. The first kappa shape index (κ1) is 15.2. The van der Waals surface area contributed by atoms with Crippen LogP contribution in [0.2, 0.25) is 0 Å². The Morgan fingerprint density at radius 1 is 1.52 bits per heavy atom. The van der Waals surface area contributed by atoms with Gasteiger partial charge < -0.3 is 20.4 Å². The van der Waals surface area contributed by atoms with E-state index < -0.39 is 0 Å². The van der Waals surface area contributed by atoms with Gasteiger partial charge in [-0.15, -0.1) is 0 Å². The smallest absolute Gasteiger partial charge is 0.225 e. The number of aryl methyl sites for hydroxylation is 1. The molecular formula is C14H18N4O2S. The summed E-state index contributed by atoms with van der Waals surface area (Å²) in [7, 11) is 3.47. The number of thioether (sulfide) groups is 1. The number of amides is 1. The lowest BCUT2D eigenvalue weighted by molar-refractivity contribution is -0.115. The van der Waals surface area contributed by atoms with E-state index in [1.165, 1.54) is 0 Å². The van der Waals surface area contributed by atoms with Crippen molar-refractivity contribution in [3.8, 4) is 5.75 Å². The number of imidazole rings is 1. The molecule has 3 N–H and O–H groups in total. The monoisotopic (exact) mass is 306 g/mol. The minimum atomic E-state index is -0.0696. The zero-order valence-corrected chi connectivity index (χ0v) is 12.8. The van der Waals surface area contributed by atoms with Crippen molar-refractivity contribution in [2.24, 2.45) is 7.05 Å². The van der Waals surface area contributed by atoms with Crippen LogP contribution in [0.1, 0.15) is 6.42 Å². The molecule has 0 aliphatic rings. The van der Waals surface area contributed by atoms with Crippen LogP contribution in [0.5, 0.6) is 5.75 Å². The topological polar surface area (TPSA) is 82.2 Å². The van der Waals surface area contributed by atoms with Crippen LogP contribution in [0.3, 0.4) is 0 Å². The van der Waals surface area contributed by atoms with Crippen molar-refractivity contribution in [1.29, 1.82) is 0 Å². The molecule has 0 aliphatic carbocycles. The van der Waals surface area contributed by atoms with Crippen molar-refractivity contribution < 1.29 is 9.53 Å². The number of hydrogen-bond donors (Lipinski definition) is 2. The van der Waals surface area contributed by atoms with Crippen molar-refractivity contribution in [3.63, 3.8) is 0 Å². The van der Waals surface area contributed by atoms with Gasteiger partial charge in [0.25, 0.3) is 0 Å². The Hall–Kier alpha value is -2.15. The number of carbonyl (C=O) groups excluding carboxylic acids is 1. The molecule has 7 heteroatoms. The van der Waals surface area contributed by atoms with Crippen LogP contribution < -0.4 is 15.8 Å². The maximum atomic E-state index is 11.9. The number of hydrogen-bond acceptors (Lipinski definition) is 5. The summed E-state index contributed by atoms with van der Waals surface area (Å²) in [5.41, 5.74) is 6.89. The number of benzene rings is 1. The average molecular weight is 306 g/mol. The molecule has 0 fully saturated rings. The van der Waals surface area contributed by atoms with Gasteiger partial charge in [0.15, 0.2) is 5.16 Å². The number of methoxy groups -OCH3 is 1. The number of rotatable bonds is 6. The summed E-state index contributed by atoms with van der Waals surface area (Å²) in [5.74, 6) is 1.15. The third-order valence-corrected chi connectivity index (χ3v) is 3.90. The molecule has 0 aliphatic heterocycles. The first-order valence-corrected chi connectivity index (χ1v) is 7.42. The maximum Gasteiger partial charge on any atom is 0.225 e. The van der Waals surface area contributed by atoms with E-state index in [1.807, 2.05) is 17.8 Å². The van der Waals surface area contributed by atoms with Crippen LogP contribution in [0.15, 0.2) is 35.7 Å². The number of nitrogens with one attached hydrogen (secondary N) is 1. The maximum absolute atomic E-state index is 11.9. The Balaban J connectivity index is 1.86. The molecule has 0 saturated carbocycles. The summed E-state index contributed by atoms with van der Waals surface area (Å²) in [6, 6.07) is 5.14. The molecule has 1 aromatic heterocycles. The quantitative estimate of drug-likeness (QED) is 0.631. The Bertz CT molecular complexity index is 627. The lowest BCUT2D eigenvalue weighted by Crippen LogP contribution is -2.13. The number of aromatic nitrogens is 2. The molecule has 6 nitrogen and oxygen atoms in total. The molecule has 2 aromatic rings. The van der Waals surface area contributed by atoms with Crippen LogP contribution >= 0.6 is 11.8 Å². The van der Waals surface area contributed by atoms with E-state index in [4.69, 9.17) is 10.5 Å². The molecule has 0 saturated heterocycles. The number of ether oxygens (including phenoxy) is 1. The lowest BCUT2D eigenvalue weighted by atomic mass is 10.2. The van der Waals surface area contributed by atoms with Gasteiger partial charge in [0.05, 0.1) is 12.8 Å². The van der Waals surface area contributed by atoms with Gasteiger partial charge in [-0.25, -0.2) is 4.98 Å². The minimum absolute atomic E-state index is 0.0696. The third-order valence-electron chi connectivity index (χ3n) is 2.84. The second-order valence-corrected chi connectivity index (χ2v) is 5.49. The number of carbonyl (C=O) groups is 1. The highest BCUT2D eigenvalue weighted by Gasteiger charge is 2.09. The SMILES string of the molecule is COc1cc(N)ccc1NC(=O)CCSc1nccn1C. The second-order valence-electron chi connectivity index (χ2n) is 4.43. The van der Waals surface area contributed by atoms with Gasteiger partial charge in [-0.1, -0.05) is 11.8 Å². The fourth-order valence-electron chi connectivity index (χ4n) is 1.75. The predicted molar refractivity (Wildman–Crippen MR) is 84.6 cm³/mol. The summed E-state index contributed by atoms with van der Waals surface area (Å²) in [6.07, 6.45) is 4.01. The summed E-state index contributed by atoms with van der Waals surface area (Å²) in [6.45, 7) is 0. The van der Waals surface area contributed by atoms with E-state index in [0.29, 0.717) is 29.3 Å². The highest BCUT2D eigenvalue weighted by atomic mass is 32.2. The van der Waals surface area contributed by atoms with E-state index >= 15 is 0 Å². The highest BCUT2D eigenvalue weighted by Crippen LogP contribution is 2.26. The minimum Gasteiger partial charge on any atom is -0.494 e. The molecule has 112 valence electrons. The normalized spacial score (nSPS) is 10.4. The molecule has 0 radical (unpaired) electrons. The Morgan fingerprint density at radius 2 is 2.33 bits per heavy atom. The molecular weight excluding hydrogens is 288 g/mol. The molecule has 0 spiro atoms. The number of nitrogen functional groups attached to an aromatic ring is 1. The van der Waals surface area contributed by atoms with E-state index in [0.717, 1.165) is 5.16 Å². The number of nitrogens with zero attached hydrogens (tertiary/aromatic N) is 2. The van der Waals surface area contributed by atoms with Gasteiger partial charge >= 0.3 is 0 Å². The van der Waals surface area contributed by atoms with Crippen LogP contribution in [0, 0.1) is 0 Å². The summed E-state index contributed by atoms with van der Waals surface area (Å²) in [5, 5.41) is 3.72. The van der Waals surface area contributed by atoms with Gasteiger partial charge in [-0.3, -0.25) is 4.79 Å². The fraction of sp³-hybridized carbons (Fsp3) is 0.286. The van der Waals surface area contributed by atoms with Crippen molar-refractivity contribution >= 4 is 29.0 Å². The highest BCUT2D eigenvalue weighted by molar-refractivity contribution is 7.99. The summed E-state index contributed by atoms with van der Waals surface area (Å²) >= 11 is 1.54. The average Bonchev–Trinajstić information content (AvgIpc) is 2.86. The van der Waals surface area contributed by atoms with E-state index in [1.54, 1.807) is 43.3 Å². The zero-order chi connectivity index (χ0) is 15.2.